The predicted molar refractivity (Wildman–Crippen MR) is 82.7 cm³/mol. The summed E-state index contributed by atoms with van der Waals surface area (Å²) in [6.07, 6.45) is 3.46. The van der Waals surface area contributed by atoms with E-state index in [1.807, 2.05) is 6.92 Å². The predicted octanol–water partition coefficient (Wildman–Crippen LogP) is 3.87. The van der Waals surface area contributed by atoms with Gasteiger partial charge in [0.15, 0.2) is 0 Å². The molecule has 0 bridgehead atoms. The van der Waals surface area contributed by atoms with Gasteiger partial charge in [-0.1, -0.05) is 6.07 Å². The summed E-state index contributed by atoms with van der Waals surface area (Å²) in [5.74, 6) is 0. The van der Waals surface area contributed by atoms with Crippen molar-refractivity contribution in [3.8, 4) is 0 Å². The van der Waals surface area contributed by atoms with Gasteiger partial charge in [0.2, 0.25) is 0 Å². The summed E-state index contributed by atoms with van der Waals surface area (Å²) in [5, 5.41) is 3.50. The van der Waals surface area contributed by atoms with Gasteiger partial charge in [-0.05, 0) is 61.1 Å². The van der Waals surface area contributed by atoms with Crippen molar-refractivity contribution in [3.63, 3.8) is 0 Å². The van der Waals surface area contributed by atoms with E-state index in [2.05, 4.69) is 69.9 Å². The van der Waals surface area contributed by atoms with Crippen LogP contribution in [0.25, 0.3) is 0 Å². The van der Waals surface area contributed by atoms with Crippen LogP contribution in [0, 0.1) is 17.4 Å². The van der Waals surface area contributed by atoms with Crippen LogP contribution < -0.4 is 5.32 Å². The van der Waals surface area contributed by atoms with Crippen LogP contribution in [0.3, 0.4) is 0 Å². The zero-order valence-corrected chi connectivity index (χ0v) is 12.9. The van der Waals surface area contributed by atoms with Crippen molar-refractivity contribution < 1.29 is 0 Å². The van der Waals surface area contributed by atoms with Crippen LogP contribution in [0.4, 0.5) is 5.69 Å². The van der Waals surface area contributed by atoms with E-state index in [4.69, 9.17) is 0 Å². The summed E-state index contributed by atoms with van der Waals surface area (Å²) in [4.78, 5) is 8.68. The molecule has 94 valence electrons. The topological polar surface area (TPSA) is 37.8 Å². The SMILES string of the molecule is Cc1ccc(I)cc1NC(C)c1nccnc1C. The normalized spacial score (nSPS) is 12.2. The molecule has 0 fully saturated rings. The molecule has 4 heteroatoms. The largest absolute Gasteiger partial charge is 0.377 e. The Hall–Kier alpha value is -1.17. The van der Waals surface area contributed by atoms with E-state index in [0.29, 0.717) is 0 Å². The van der Waals surface area contributed by atoms with Crippen molar-refractivity contribution in [2.75, 3.05) is 5.32 Å². The summed E-state index contributed by atoms with van der Waals surface area (Å²) in [5.41, 5.74) is 4.36. The van der Waals surface area contributed by atoms with Gasteiger partial charge in [0.25, 0.3) is 0 Å². The highest BCUT2D eigenvalue weighted by atomic mass is 127. The lowest BCUT2D eigenvalue weighted by Gasteiger charge is -2.18. The van der Waals surface area contributed by atoms with Gasteiger partial charge in [0.05, 0.1) is 17.4 Å². The second-order valence-corrected chi connectivity index (χ2v) is 5.60. The molecule has 1 heterocycles. The van der Waals surface area contributed by atoms with E-state index in [1.54, 1.807) is 12.4 Å². The maximum atomic E-state index is 4.40. The zero-order chi connectivity index (χ0) is 13.1. The number of nitrogens with one attached hydrogen (secondary N) is 1. The molecule has 3 nitrogen and oxygen atoms in total. The molecule has 1 aromatic carbocycles. The molecule has 1 aromatic heterocycles. The molecule has 0 saturated carbocycles. The third-order valence-corrected chi connectivity index (χ3v) is 3.57. The minimum Gasteiger partial charge on any atom is -0.377 e. The van der Waals surface area contributed by atoms with Gasteiger partial charge in [-0.3, -0.25) is 9.97 Å². The highest BCUT2D eigenvalue weighted by molar-refractivity contribution is 14.1. The molecule has 1 unspecified atom stereocenters. The fraction of sp³-hybridized carbons (Fsp3) is 0.286. The quantitative estimate of drug-likeness (QED) is 0.852. The van der Waals surface area contributed by atoms with Gasteiger partial charge in [-0.25, -0.2) is 0 Å². The Labute approximate surface area is 121 Å². The van der Waals surface area contributed by atoms with Gasteiger partial charge < -0.3 is 5.32 Å². The second-order valence-electron chi connectivity index (χ2n) is 4.35. The minimum absolute atomic E-state index is 0.149. The van der Waals surface area contributed by atoms with Gasteiger partial charge in [0.1, 0.15) is 0 Å². The molecule has 0 amide bonds. The van der Waals surface area contributed by atoms with Gasteiger partial charge in [0, 0.05) is 21.7 Å². The first-order chi connectivity index (χ1) is 8.58. The molecule has 18 heavy (non-hydrogen) atoms. The number of benzene rings is 1. The van der Waals surface area contributed by atoms with Gasteiger partial charge >= 0.3 is 0 Å². The summed E-state index contributed by atoms with van der Waals surface area (Å²) in [7, 11) is 0. The molecule has 0 spiro atoms. The van der Waals surface area contributed by atoms with Crippen molar-refractivity contribution in [1.82, 2.24) is 9.97 Å². The molecule has 0 aliphatic heterocycles. The van der Waals surface area contributed by atoms with E-state index >= 15 is 0 Å². The number of hydrogen-bond acceptors (Lipinski definition) is 3. The van der Waals surface area contributed by atoms with Crippen LogP contribution in [0.5, 0.6) is 0 Å². The van der Waals surface area contributed by atoms with Crippen LogP contribution in [0.15, 0.2) is 30.6 Å². The second kappa shape index (κ2) is 5.65. The van der Waals surface area contributed by atoms with E-state index in [1.165, 1.54) is 9.13 Å². The smallest absolute Gasteiger partial charge is 0.0835 e. The molecule has 2 aromatic rings. The maximum Gasteiger partial charge on any atom is 0.0835 e. The lowest BCUT2D eigenvalue weighted by atomic mass is 10.1. The lowest BCUT2D eigenvalue weighted by molar-refractivity contribution is 0.809. The van der Waals surface area contributed by atoms with E-state index in [-0.39, 0.29) is 6.04 Å². The molecule has 0 aliphatic rings. The van der Waals surface area contributed by atoms with Gasteiger partial charge in [-0.15, -0.1) is 0 Å². The fourth-order valence-corrected chi connectivity index (χ4v) is 2.39. The summed E-state index contributed by atoms with van der Waals surface area (Å²) in [6, 6.07) is 6.54. The zero-order valence-electron chi connectivity index (χ0n) is 10.7. The lowest BCUT2D eigenvalue weighted by Crippen LogP contribution is -2.11. The first-order valence-electron chi connectivity index (χ1n) is 5.88. The van der Waals surface area contributed by atoms with Crippen LogP contribution in [0.2, 0.25) is 0 Å². The Bertz CT molecular complexity index is 554. The number of rotatable bonds is 3. The molecule has 0 radical (unpaired) electrons. The van der Waals surface area contributed by atoms with Crippen molar-refractivity contribution in [2.45, 2.75) is 26.8 Å². The van der Waals surface area contributed by atoms with E-state index in [9.17, 15) is 0 Å². The molecular weight excluding hydrogens is 337 g/mol. The average Bonchev–Trinajstić information content (AvgIpc) is 2.34. The molecule has 0 aliphatic carbocycles. The highest BCUT2D eigenvalue weighted by Gasteiger charge is 2.11. The Morgan fingerprint density at radius 2 is 1.89 bits per heavy atom. The van der Waals surface area contributed by atoms with Crippen molar-refractivity contribution >= 4 is 28.3 Å². The van der Waals surface area contributed by atoms with Crippen LogP contribution >= 0.6 is 22.6 Å². The Balaban J connectivity index is 2.24. The van der Waals surface area contributed by atoms with Crippen molar-refractivity contribution in [3.05, 3.63) is 51.1 Å². The number of hydrogen-bond donors (Lipinski definition) is 1. The summed E-state index contributed by atoms with van der Waals surface area (Å²) < 4.78 is 1.23. The molecule has 0 saturated heterocycles. The van der Waals surface area contributed by atoms with Gasteiger partial charge in [-0.2, -0.15) is 0 Å². The minimum atomic E-state index is 0.149. The van der Waals surface area contributed by atoms with Crippen LogP contribution in [0.1, 0.15) is 29.9 Å². The molecule has 1 N–H and O–H groups in total. The standard InChI is InChI=1S/C14H16IN3/c1-9-4-5-12(15)8-13(9)18-11(3)14-10(2)16-6-7-17-14/h4-8,11,18H,1-3H3. The summed E-state index contributed by atoms with van der Waals surface area (Å²) in [6.45, 7) is 6.20. The number of aryl methyl sites for hydroxylation is 2. The third kappa shape index (κ3) is 2.98. The third-order valence-electron chi connectivity index (χ3n) is 2.90. The Morgan fingerprint density at radius 3 is 2.61 bits per heavy atom. The maximum absolute atomic E-state index is 4.40. The fourth-order valence-electron chi connectivity index (χ4n) is 1.89. The number of aromatic nitrogens is 2. The van der Waals surface area contributed by atoms with Crippen LogP contribution in [-0.2, 0) is 0 Å². The van der Waals surface area contributed by atoms with E-state index in [0.717, 1.165) is 17.1 Å². The Morgan fingerprint density at radius 1 is 1.17 bits per heavy atom. The van der Waals surface area contributed by atoms with Crippen LogP contribution in [-0.4, -0.2) is 9.97 Å². The average molecular weight is 353 g/mol. The first kappa shape index (κ1) is 13.3. The number of anilines is 1. The molecular formula is C14H16IN3. The van der Waals surface area contributed by atoms with Crippen molar-refractivity contribution in [2.24, 2.45) is 0 Å². The number of halogens is 1. The highest BCUT2D eigenvalue weighted by Crippen LogP contribution is 2.23. The Kier molecular flexibility index (Phi) is 4.16. The van der Waals surface area contributed by atoms with Crippen molar-refractivity contribution in [1.29, 1.82) is 0 Å². The first-order valence-corrected chi connectivity index (χ1v) is 6.96. The monoisotopic (exact) mass is 353 g/mol. The van der Waals surface area contributed by atoms with E-state index < -0.39 is 0 Å². The molecule has 1 atom stereocenters. The summed E-state index contributed by atoms with van der Waals surface area (Å²) >= 11 is 2.32. The number of nitrogens with zero attached hydrogens (tertiary/aromatic N) is 2. The molecule has 2 rings (SSSR count).